The molecular formula is C13H20N2O4S. The number of nitrogens with two attached hydrogens (primary N) is 1. The minimum absolute atomic E-state index is 0.0689. The standard InChI is InChI=1S/C13H20N2O4S/c1-9(16)10-4-6-11(7-5-10)20(18,19)15-13(2,3)8-12(14)17/h4-7,9,15-16H,8H2,1-3H3,(H2,14,17). The van der Waals surface area contributed by atoms with E-state index in [1.807, 2.05) is 0 Å². The minimum Gasteiger partial charge on any atom is -0.389 e. The number of sulfonamides is 1. The Morgan fingerprint density at radius 3 is 2.25 bits per heavy atom. The van der Waals surface area contributed by atoms with Gasteiger partial charge in [-0.1, -0.05) is 12.1 Å². The Morgan fingerprint density at radius 2 is 1.85 bits per heavy atom. The van der Waals surface area contributed by atoms with Crippen LogP contribution in [-0.4, -0.2) is 25.0 Å². The molecule has 20 heavy (non-hydrogen) atoms. The molecule has 1 rings (SSSR count). The van der Waals surface area contributed by atoms with Gasteiger partial charge in [0, 0.05) is 12.0 Å². The maximum atomic E-state index is 12.2. The van der Waals surface area contributed by atoms with Crippen molar-refractivity contribution in [2.75, 3.05) is 0 Å². The van der Waals surface area contributed by atoms with Gasteiger partial charge in [0.2, 0.25) is 15.9 Å². The van der Waals surface area contributed by atoms with Crippen molar-refractivity contribution in [1.29, 1.82) is 0 Å². The summed E-state index contributed by atoms with van der Waals surface area (Å²) in [6.45, 7) is 4.76. The largest absolute Gasteiger partial charge is 0.389 e. The lowest BCUT2D eigenvalue weighted by Crippen LogP contribution is -2.45. The molecule has 0 fully saturated rings. The Balaban J connectivity index is 2.96. The molecule has 1 unspecified atom stereocenters. The molecule has 6 nitrogen and oxygen atoms in total. The molecule has 0 saturated heterocycles. The molecule has 7 heteroatoms. The number of primary amides is 1. The van der Waals surface area contributed by atoms with Gasteiger partial charge in [0.15, 0.2) is 0 Å². The fourth-order valence-corrected chi connectivity index (χ4v) is 3.23. The topological polar surface area (TPSA) is 109 Å². The highest BCUT2D eigenvalue weighted by atomic mass is 32.2. The fraction of sp³-hybridized carbons (Fsp3) is 0.462. The van der Waals surface area contributed by atoms with Crippen molar-refractivity contribution in [1.82, 2.24) is 4.72 Å². The SMILES string of the molecule is CC(O)c1ccc(S(=O)(=O)NC(C)(C)CC(N)=O)cc1. The molecule has 0 aliphatic rings. The van der Waals surface area contributed by atoms with Crippen LogP contribution in [-0.2, 0) is 14.8 Å². The van der Waals surface area contributed by atoms with Gasteiger partial charge in [-0.05, 0) is 38.5 Å². The van der Waals surface area contributed by atoms with Gasteiger partial charge in [-0.3, -0.25) is 4.79 Å². The lowest BCUT2D eigenvalue weighted by Gasteiger charge is -2.24. The molecular weight excluding hydrogens is 280 g/mol. The Morgan fingerprint density at radius 1 is 1.35 bits per heavy atom. The van der Waals surface area contributed by atoms with Gasteiger partial charge in [0.1, 0.15) is 0 Å². The number of nitrogens with one attached hydrogen (secondary N) is 1. The van der Waals surface area contributed by atoms with Crippen LogP contribution in [0.3, 0.4) is 0 Å². The zero-order valence-corrected chi connectivity index (χ0v) is 12.6. The summed E-state index contributed by atoms with van der Waals surface area (Å²) < 4.78 is 26.8. The van der Waals surface area contributed by atoms with E-state index in [0.29, 0.717) is 5.56 Å². The summed E-state index contributed by atoms with van der Waals surface area (Å²) in [4.78, 5) is 11.0. The highest BCUT2D eigenvalue weighted by Gasteiger charge is 2.27. The minimum atomic E-state index is -3.75. The second-order valence-corrected chi connectivity index (χ2v) is 7.06. The lowest BCUT2D eigenvalue weighted by atomic mass is 10.0. The first-order valence-electron chi connectivity index (χ1n) is 6.14. The first-order chi connectivity index (χ1) is 9.03. The predicted octanol–water partition coefficient (Wildman–Crippen LogP) is 0.672. The number of carbonyl (C=O) groups excluding carboxylic acids is 1. The summed E-state index contributed by atoms with van der Waals surface area (Å²) in [5.74, 6) is -0.581. The van der Waals surface area contributed by atoms with Gasteiger partial charge >= 0.3 is 0 Å². The normalized spacial score (nSPS) is 14.0. The summed E-state index contributed by atoms with van der Waals surface area (Å²) in [5.41, 5.74) is 4.75. The van der Waals surface area contributed by atoms with Crippen LogP contribution in [0.4, 0.5) is 0 Å². The van der Waals surface area contributed by atoms with E-state index < -0.39 is 27.6 Å². The molecule has 0 saturated carbocycles. The maximum absolute atomic E-state index is 12.2. The van der Waals surface area contributed by atoms with Crippen LogP contribution in [0.2, 0.25) is 0 Å². The Bertz CT molecular complexity index is 577. The second kappa shape index (κ2) is 5.90. The molecule has 0 aromatic heterocycles. The van der Waals surface area contributed by atoms with Crippen LogP contribution in [0.1, 0.15) is 38.9 Å². The first kappa shape index (κ1) is 16.6. The second-order valence-electron chi connectivity index (χ2n) is 5.38. The van der Waals surface area contributed by atoms with Crippen molar-refractivity contribution in [3.63, 3.8) is 0 Å². The number of hydrogen-bond donors (Lipinski definition) is 3. The molecule has 112 valence electrons. The Hall–Kier alpha value is -1.44. The monoisotopic (exact) mass is 300 g/mol. The smallest absolute Gasteiger partial charge is 0.241 e. The van der Waals surface area contributed by atoms with E-state index in [2.05, 4.69) is 4.72 Å². The molecule has 0 bridgehead atoms. The fourth-order valence-electron chi connectivity index (χ4n) is 1.82. The summed E-state index contributed by atoms with van der Waals surface area (Å²) in [6.07, 6.45) is -0.760. The molecule has 1 amide bonds. The highest BCUT2D eigenvalue weighted by Crippen LogP contribution is 2.18. The van der Waals surface area contributed by atoms with Gasteiger partial charge in [-0.15, -0.1) is 0 Å². The van der Waals surface area contributed by atoms with E-state index >= 15 is 0 Å². The number of aliphatic hydroxyl groups is 1. The zero-order valence-electron chi connectivity index (χ0n) is 11.8. The number of amides is 1. The molecule has 1 atom stereocenters. The molecule has 0 radical (unpaired) electrons. The zero-order chi connectivity index (χ0) is 15.6. The van der Waals surface area contributed by atoms with E-state index in [0.717, 1.165) is 0 Å². The van der Waals surface area contributed by atoms with Gasteiger partial charge in [-0.2, -0.15) is 0 Å². The molecule has 1 aromatic rings. The third-order valence-corrected chi connectivity index (χ3v) is 4.41. The molecule has 4 N–H and O–H groups in total. The average molecular weight is 300 g/mol. The number of aliphatic hydroxyl groups excluding tert-OH is 1. The van der Waals surface area contributed by atoms with Crippen LogP contribution >= 0.6 is 0 Å². The average Bonchev–Trinajstić information content (AvgIpc) is 2.25. The quantitative estimate of drug-likeness (QED) is 0.717. The molecule has 0 spiro atoms. The van der Waals surface area contributed by atoms with E-state index in [1.165, 1.54) is 12.1 Å². The lowest BCUT2D eigenvalue weighted by molar-refractivity contribution is -0.119. The maximum Gasteiger partial charge on any atom is 0.241 e. The molecule has 0 aliphatic carbocycles. The third-order valence-electron chi connectivity index (χ3n) is 2.70. The van der Waals surface area contributed by atoms with E-state index in [4.69, 9.17) is 5.73 Å². The van der Waals surface area contributed by atoms with Gasteiger partial charge in [0.25, 0.3) is 0 Å². The van der Waals surface area contributed by atoms with Crippen molar-refractivity contribution < 1.29 is 18.3 Å². The molecule has 0 heterocycles. The van der Waals surface area contributed by atoms with Crippen molar-refractivity contribution in [3.05, 3.63) is 29.8 Å². The van der Waals surface area contributed by atoms with Gasteiger partial charge in [0.05, 0.1) is 11.0 Å². The highest BCUT2D eigenvalue weighted by molar-refractivity contribution is 7.89. The third kappa shape index (κ3) is 4.59. The van der Waals surface area contributed by atoms with Crippen molar-refractivity contribution in [2.24, 2.45) is 5.73 Å². The number of hydrogen-bond acceptors (Lipinski definition) is 4. The number of carbonyl (C=O) groups is 1. The summed E-state index contributed by atoms with van der Waals surface area (Å²) in [7, 11) is -3.75. The molecule has 1 aromatic carbocycles. The van der Waals surface area contributed by atoms with Crippen LogP contribution in [0.15, 0.2) is 29.2 Å². The van der Waals surface area contributed by atoms with Crippen LogP contribution in [0.5, 0.6) is 0 Å². The van der Waals surface area contributed by atoms with E-state index in [9.17, 15) is 18.3 Å². The van der Waals surface area contributed by atoms with E-state index in [1.54, 1.807) is 32.9 Å². The summed E-state index contributed by atoms with van der Waals surface area (Å²) in [6, 6.07) is 5.90. The Kier molecular flexibility index (Phi) is 4.90. The summed E-state index contributed by atoms with van der Waals surface area (Å²) in [5, 5.41) is 9.39. The van der Waals surface area contributed by atoms with Gasteiger partial charge in [-0.25, -0.2) is 13.1 Å². The molecule has 0 aliphatic heterocycles. The van der Waals surface area contributed by atoms with Gasteiger partial charge < -0.3 is 10.8 Å². The van der Waals surface area contributed by atoms with Crippen LogP contribution in [0, 0.1) is 0 Å². The first-order valence-corrected chi connectivity index (χ1v) is 7.62. The van der Waals surface area contributed by atoms with Crippen molar-refractivity contribution in [3.8, 4) is 0 Å². The van der Waals surface area contributed by atoms with Crippen LogP contribution < -0.4 is 10.5 Å². The van der Waals surface area contributed by atoms with E-state index in [-0.39, 0.29) is 11.3 Å². The Labute approximate surface area is 119 Å². The number of rotatable bonds is 6. The van der Waals surface area contributed by atoms with Crippen molar-refractivity contribution >= 4 is 15.9 Å². The summed E-state index contributed by atoms with van der Waals surface area (Å²) >= 11 is 0. The number of benzene rings is 1. The predicted molar refractivity (Wildman–Crippen MR) is 75.3 cm³/mol. The van der Waals surface area contributed by atoms with Crippen LogP contribution in [0.25, 0.3) is 0 Å². The van der Waals surface area contributed by atoms with Crippen molar-refractivity contribution in [2.45, 2.75) is 43.7 Å².